The van der Waals surface area contributed by atoms with Crippen molar-refractivity contribution in [1.82, 2.24) is 10.6 Å². The molecule has 0 aliphatic heterocycles. The molecule has 0 aromatic heterocycles. The van der Waals surface area contributed by atoms with E-state index in [1.54, 1.807) is 36.4 Å². The monoisotopic (exact) mass is 405 g/mol. The molecule has 0 spiro atoms. The first-order valence-electron chi connectivity index (χ1n) is 8.58. The molecule has 9 heteroatoms. The Bertz CT molecular complexity index is 880. The third kappa shape index (κ3) is 6.84. The molecule has 2 rings (SSSR count). The van der Waals surface area contributed by atoms with Crippen LogP contribution in [0.25, 0.3) is 0 Å². The zero-order valence-corrected chi connectivity index (χ0v) is 15.2. The van der Waals surface area contributed by atoms with Crippen molar-refractivity contribution >= 4 is 12.0 Å². The Kier molecular flexibility index (Phi) is 7.60. The number of benzene rings is 2. The maximum atomic E-state index is 13.2. The number of alkyl halides is 3. The lowest BCUT2D eigenvalue weighted by molar-refractivity contribution is -0.138. The van der Waals surface area contributed by atoms with Crippen molar-refractivity contribution < 1.29 is 27.5 Å². The second-order valence-corrected chi connectivity index (χ2v) is 5.99. The molecule has 0 aliphatic rings. The minimum absolute atomic E-state index is 0.0711. The summed E-state index contributed by atoms with van der Waals surface area (Å²) in [5.74, 6) is -0.791. The summed E-state index contributed by atoms with van der Waals surface area (Å²) in [5, 5.41) is 13.1. The van der Waals surface area contributed by atoms with Crippen LogP contribution in [0.3, 0.4) is 0 Å². The average molecular weight is 405 g/mol. The summed E-state index contributed by atoms with van der Waals surface area (Å²) in [4.78, 5) is 24.3. The Morgan fingerprint density at radius 3 is 2.38 bits per heavy atom. The van der Waals surface area contributed by atoms with Crippen LogP contribution in [-0.4, -0.2) is 24.6 Å². The van der Waals surface area contributed by atoms with Crippen LogP contribution in [0.4, 0.5) is 18.0 Å². The molecule has 0 bridgehead atoms. The Balaban J connectivity index is 2.12. The van der Waals surface area contributed by atoms with Crippen molar-refractivity contribution in [3.05, 3.63) is 71.3 Å². The Hall–Kier alpha value is -3.54. The van der Waals surface area contributed by atoms with Gasteiger partial charge in [0.1, 0.15) is 19.2 Å². The van der Waals surface area contributed by atoms with Gasteiger partial charge in [-0.05, 0) is 17.2 Å². The molecule has 2 aromatic carbocycles. The lowest BCUT2D eigenvalue weighted by Gasteiger charge is -2.20. The van der Waals surface area contributed by atoms with Gasteiger partial charge in [0, 0.05) is 6.42 Å². The normalized spacial score (nSPS) is 11.8. The van der Waals surface area contributed by atoms with E-state index in [0.717, 1.165) is 6.07 Å². The molecule has 2 amide bonds. The number of nitrogens with zero attached hydrogens (tertiary/aromatic N) is 1. The molecule has 0 aliphatic carbocycles. The van der Waals surface area contributed by atoms with Crippen molar-refractivity contribution in [1.29, 1.82) is 5.26 Å². The number of hydrogen-bond acceptors (Lipinski definition) is 4. The van der Waals surface area contributed by atoms with Crippen molar-refractivity contribution in [2.75, 3.05) is 6.54 Å². The third-order valence-electron chi connectivity index (χ3n) is 3.91. The number of carbonyl (C=O) groups is 2. The predicted octanol–water partition coefficient (Wildman–Crippen LogP) is 3.18. The van der Waals surface area contributed by atoms with Crippen molar-refractivity contribution in [2.24, 2.45) is 0 Å². The fourth-order valence-corrected chi connectivity index (χ4v) is 2.56. The molecular weight excluding hydrogens is 387 g/mol. The van der Waals surface area contributed by atoms with Crippen LogP contribution in [0.5, 0.6) is 0 Å². The largest absolute Gasteiger partial charge is 0.445 e. The Morgan fingerprint density at radius 1 is 1.07 bits per heavy atom. The molecule has 0 fully saturated rings. The summed E-state index contributed by atoms with van der Waals surface area (Å²) in [6.07, 6.45) is -6.00. The first-order valence-corrected chi connectivity index (χ1v) is 8.58. The average Bonchev–Trinajstić information content (AvgIpc) is 2.70. The van der Waals surface area contributed by atoms with Crippen LogP contribution in [-0.2, 0) is 28.7 Å². The zero-order chi connectivity index (χ0) is 21.3. The molecule has 29 heavy (non-hydrogen) atoms. The molecule has 2 aromatic rings. The van der Waals surface area contributed by atoms with Crippen LogP contribution in [0.1, 0.15) is 16.7 Å². The summed E-state index contributed by atoms with van der Waals surface area (Å²) >= 11 is 0. The second-order valence-electron chi connectivity index (χ2n) is 5.99. The summed E-state index contributed by atoms with van der Waals surface area (Å²) in [6.45, 7) is -0.421. The minimum Gasteiger partial charge on any atom is -0.445 e. The van der Waals surface area contributed by atoms with Crippen LogP contribution in [0.2, 0.25) is 0 Å². The number of hydrogen-bond donors (Lipinski definition) is 2. The quantitative estimate of drug-likeness (QED) is 0.693. The first kappa shape index (κ1) is 21.8. The van der Waals surface area contributed by atoms with Crippen molar-refractivity contribution in [2.45, 2.75) is 25.2 Å². The van der Waals surface area contributed by atoms with E-state index in [-0.39, 0.29) is 18.7 Å². The summed E-state index contributed by atoms with van der Waals surface area (Å²) < 4.78 is 44.7. The van der Waals surface area contributed by atoms with E-state index < -0.39 is 36.2 Å². The standard InChI is InChI=1S/C20H18F3N3O3/c21-20(22,23)16-9-5-4-8-15(16)12-17(18(27)25-11-10-24)26-19(28)29-13-14-6-2-1-3-7-14/h1-9,17H,11-13H2,(H,25,27)(H,26,28)/t17-/m1/s1. The number of alkyl carbamates (subject to hydrolysis) is 1. The van der Waals surface area contributed by atoms with Gasteiger partial charge in [0.05, 0.1) is 11.6 Å². The van der Waals surface area contributed by atoms with Gasteiger partial charge < -0.3 is 15.4 Å². The number of ether oxygens (including phenoxy) is 1. The summed E-state index contributed by atoms with van der Waals surface area (Å²) in [7, 11) is 0. The number of halogens is 3. The van der Waals surface area contributed by atoms with Crippen LogP contribution in [0.15, 0.2) is 54.6 Å². The minimum atomic E-state index is -4.61. The molecule has 0 saturated carbocycles. The van der Waals surface area contributed by atoms with Gasteiger partial charge in [0.2, 0.25) is 5.91 Å². The van der Waals surface area contributed by atoms with Crippen molar-refractivity contribution in [3.8, 4) is 6.07 Å². The third-order valence-corrected chi connectivity index (χ3v) is 3.91. The number of nitrogens with one attached hydrogen (secondary N) is 2. The lowest BCUT2D eigenvalue weighted by Crippen LogP contribution is -2.48. The van der Waals surface area contributed by atoms with Gasteiger partial charge in [-0.1, -0.05) is 48.5 Å². The number of amides is 2. The summed E-state index contributed by atoms with van der Waals surface area (Å²) in [6, 6.07) is 13.9. The molecule has 0 saturated heterocycles. The van der Waals surface area contributed by atoms with E-state index >= 15 is 0 Å². The SMILES string of the molecule is N#CCNC(=O)[C@@H](Cc1ccccc1C(F)(F)F)NC(=O)OCc1ccccc1. The van der Waals surface area contributed by atoms with Crippen LogP contribution in [0, 0.1) is 11.3 Å². The molecule has 0 unspecified atom stereocenters. The topological polar surface area (TPSA) is 91.2 Å². The van der Waals surface area contributed by atoms with Gasteiger partial charge in [0.25, 0.3) is 0 Å². The Morgan fingerprint density at radius 2 is 1.72 bits per heavy atom. The van der Waals surface area contributed by atoms with Gasteiger partial charge in [-0.25, -0.2) is 4.79 Å². The van der Waals surface area contributed by atoms with Gasteiger partial charge in [-0.2, -0.15) is 18.4 Å². The molecule has 1 atom stereocenters. The Labute approximate surface area is 165 Å². The lowest BCUT2D eigenvalue weighted by atomic mass is 9.99. The van der Waals surface area contributed by atoms with E-state index in [1.807, 2.05) is 0 Å². The second kappa shape index (κ2) is 10.1. The van der Waals surface area contributed by atoms with E-state index in [1.165, 1.54) is 18.2 Å². The van der Waals surface area contributed by atoms with Crippen LogP contribution < -0.4 is 10.6 Å². The molecule has 2 N–H and O–H groups in total. The number of carbonyl (C=O) groups excluding carboxylic acids is 2. The van der Waals surface area contributed by atoms with E-state index in [0.29, 0.717) is 5.56 Å². The van der Waals surface area contributed by atoms with Gasteiger partial charge in [-0.3, -0.25) is 4.79 Å². The molecular formula is C20H18F3N3O3. The zero-order valence-electron chi connectivity index (χ0n) is 15.2. The molecule has 6 nitrogen and oxygen atoms in total. The molecule has 0 radical (unpaired) electrons. The fourth-order valence-electron chi connectivity index (χ4n) is 2.56. The van der Waals surface area contributed by atoms with E-state index in [9.17, 15) is 22.8 Å². The number of rotatable bonds is 7. The predicted molar refractivity (Wildman–Crippen MR) is 97.3 cm³/mol. The molecule has 0 heterocycles. The maximum absolute atomic E-state index is 13.2. The van der Waals surface area contributed by atoms with Crippen LogP contribution >= 0.6 is 0 Å². The highest BCUT2D eigenvalue weighted by Gasteiger charge is 2.34. The smallest absolute Gasteiger partial charge is 0.416 e. The highest BCUT2D eigenvalue weighted by atomic mass is 19.4. The van der Waals surface area contributed by atoms with E-state index in [2.05, 4.69) is 10.6 Å². The van der Waals surface area contributed by atoms with Gasteiger partial charge >= 0.3 is 12.3 Å². The van der Waals surface area contributed by atoms with Crippen molar-refractivity contribution in [3.63, 3.8) is 0 Å². The van der Waals surface area contributed by atoms with E-state index in [4.69, 9.17) is 10.00 Å². The fraction of sp³-hybridized carbons (Fsp3) is 0.250. The summed E-state index contributed by atoms with van der Waals surface area (Å²) in [5.41, 5.74) is -0.367. The maximum Gasteiger partial charge on any atom is 0.416 e. The van der Waals surface area contributed by atoms with Gasteiger partial charge in [0.15, 0.2) is 0 Å². The highest BCUT2D eigenvalue weighted by molar-refractivity contribution is 5.86. The molecule has 152 valence electrons. The number of nitriles is 1. The highest BCUT2D eigenvalue weighted by Crippen LogP contribution is 2.32. The first-order chi connectivity index (χ1) is 13.8. The van der Waals surface area contributed by atoms with Gasteiger partial charge in [-0.15, -0.1) is 0 Å².